The Morgan fingerprint density at radius 2 is 2.00 bits per heavy atom. The number of carbonyl (C=O) groups is 1. The zero-order valence-corrected chi connectivity index (χ0v) is 13.7. The van der Waals surface area contributed by atoms with Crippen LogP contribution in [-0.4, -0.2) is 24.8 Å². The highest BCUT2D eigenvalue weighted by molar-refractivity contribution is 5.99. The van der Waals surface area contributed by atoms with Gasteiger partial charge in [-0.05, 0) is 42.8 Å². The van der Waals surface area contributed by atoms with E-state index in [2.05, 4.69) is 0 Å². The van der Waals surface area contributed by atoms with Gasteiger partial charge in [-0.15, -0.1) is 0 Å². The predicted molar refractivity (Wildman–Crippen MR) is 92.1 cm³/mol. The lowest BCUT2D eigenvalue weighted by Crippen LogP contribution is -2.16. The highest BCUT2D eigenvalue weighted by Crippen LogP contribution is 2.37. The summed E-state index contributed by atoms with van der Waals surface area (Å²) in [4.78, 5) is 24.1. The van der Waals surface area contributed by atoms with Gasteiger partial charge in [0.05, 0.1) is 19.3 Å². The maximum Gasteiger partial charge on any atom is 0.351 e. The first-order chi connectivity index (χ1) is 12.0. The third kappa shape index (κ3) is 3.06. The smallest absolute Gasteiger partial charge is 0.351 e. The van der Waals surface area contributed by atoms with Crippen LogP contribution in [0.4, 0.5) is 0 Å². The van der Waals surface area contributed by atoms with Crippen LogP contribution >= 0.6 is 0 Å². The van der Waals surface area contributed by atoms with Crippen LogP contribution in [0.2, 0.25) is 0 Å². The summed E-state index contributed by atoms with van der Waals surface area (Å²) < 4.78 is 15.4. The molecular weight excluding hydrogens is 324 g/mol. The number of methoxy groups -OCH3 is 1. The van der Waals surface area contributed by atoms with E-state index in [4.69, 9.17) is 13.9 Å². The molecule has 0 aliphatic carbocycles. The van der Waals surface area contributed by atoms with Crippen molar-refractivity contribution in [3.63, 3.8) is 0 Å². The third-order valence-corrected chi connectivity index (χ3v) is 3.73. The van der Waals surface area contributed by atoms with Gasteiger partial charge in [0.2, 0.25) is 0 Å². The molecular formula is C19H16O6. The van der Waals surface area contributed by atoms with Crippen LogP contribution in [0.15, 0.2) is 51.7 Å². The number of aromatic hydroxyl groups is 1. The van der Waals surface area contributed by atoms with Gasteiger partial charge in [0, 0.05) is 5.39 Å². The minimum Gasteiger partial charge on any atom is -0.507 e. The van der Waals surface area contributed by atoms with E-state index < -0.39 is 11.6 Å². The maximum atomic E-state index is 12.2. The van der Waals surface area contributed by atoms with E-state index in [0.717, 1.165) is 0 Å². The maximum absolute atomic E-state index is 12.2. The monoisotopic (exact) mass is 340 g/mol. The average molecular weight is 340 g/mol. The Morgan fingerprint density at radius 3 is 2.72 bits per heavy atom. The molecule has 1 heterocycles. The summed E-state index contributed by atoms with van der Waals surface area (Å²) in [7, 11) is 1.54. The first-order valence-corrected chi connectivity index (χ1v) is 7.66. The minimum absolute atomic E-state index is 0.0483. The second-order valence-electron chi connectivity index (χ2n) is 5.28. The summed E-state index contributed by atoms with van der Waals surface area (Å²) >= 11 is 0. The lowest BCUT2D eigenvalue weighted by Gasteiger charge is -2.10. The van der Waals surface area contributed by atoms with Crippen molar-refractivity contribution in [2.75, 3.05) is 13.7 Å². The van der Waals surface area contributed by atoms with E-state index in [1.54, 1.807) is 37.3 Å². The van der Waals surface area contributed by atoms with Crippen molar-refractivity contribution in [2.45, 2.75) is 6.92 Å². The lowest BCUT2D eigenvalue weighted by atomic mass is 10.0. The summed E-state index contributed by atoms with van der Waals surface area (Å²) in [6.07, 6.45) is 0. The Labute approximate surface area is 143 Å². The first-order valence-electron chi connectivity index (χ1n) is 7.66. The van der Waals surface area contributed by atoms with Crippen molar-refractivity contribution < 1.29 is 23.8 Å². The Balaban J connectivity index is 2.26. The van der Waals surface area contributed by atoms with E-state index in [-0.39, 0.29) is 23.5 Å². The highest BCUT2D eigenvalue weighted by atomic mass is 16.5. The number of hydrogen-bond acceptors (Lipinski definition) is 6. The molecule has 25 heavy (non-hydrogen) atoms. The van der Waals surface area contributed by atoms with Crippen LogP contribution in [-0.2, 0) is 4.74 Å². The second kappa shape index (κ2) is 6.68. The van der Waals surface area contributed by atoms with Crippen LogP contribution in [0.3, 0.4) is 0 Å². The van der Waals surface area contributed by atoms with Gasteiger partial charge in [-0.2, -0.15) is 0 Å². The highest BCUT2D eigenvalue weighted by Gasteiger charge is 2.19. The average Bonchev–Trinajstić information content (AvgIpc) is 2.61. The van der Waals surface area contributed by atoms with Gasteiger partial charge in [0.25, 0.3) is 0 Å². The molecule has 3 rings (SSSR count). The Hall–Kier alpha value is -3.28. The number of phenols is 1. The normalized spacial score (nSPS) is 10.6. The zero-order valence-electron chi connectivity index (χ0n) is 13.7. The van der Waals surface area contributed by atoms with Crippen molar-refractivity contribution in [3.8, 4) is 22.6 Å². The molecule has 0 radical (unpaired) electrons. The molecule has 0 fully saturated rings. The van der Waals surface area contributed by atoms with Gasteiger partial charge < -0.3 is 19.0 Å². The van der Waals surface area contributed by atoms with Crippen molar-refractivity contribution in [3.05, 3.63) is 58.4 Å². The number of carbonyl (C=O) groups excluding carboxylic acids is 1. The molecule has 0 spiro atoms. The van der Waals surface area contributed by atoms with Gasteiger partial charge >= 0.3 is 11.6 Å². The van der Waals surface area contributed by atoms with Crippen molar-refractivity contribution in [2.24, 2.45) is 0 Å². The van der Waals surface area contributed by atoms with Crippen LogP contribution in [0, 0.1) is 0 Å². The van der Waals surface area contributed by atoms with Crippen LogP contribution in [0.25, 0.3) is 22.1 Å². The van der Waals surface area contributed by atoms with Crippen molar-refractivity contribution >= 4 is 16.9 Å². The molecule has 0 atom stereocenters. The van der Waals surface area contributed by atoms with E-state index >= 15 is 0 Å². The summed E-state index contributed by atoms with van der Waals surface area (Å²) in [5.74, 6) is -0.193. The molecule has 0 amide bonds. The van der Waals surface area contributed by atoms with Gasteiger partial charge in [-0.25, -0.2) is 9.59 Å². The van der Waals surface area contributed by atoms with Gasteiger partial charge in [-0.1, -0.05) is 12.1 Å². The van der Waals surface area contributed by atoms with E-state index in [1.807, 2.05) is 0 Å². The van der Waals surface area contributed by atoms with Crippen LogP contribution in [0.1, 0.15) is 17.3 Å². The van der Waals surface area contributed by atoms with E-state index in [9.17, 15) is 14.7 Å². The quantitative estimate of drug-likeness (QED) is 0.579. The summed E-state index contributed by atoms with van der Waals surface area (Å²) in [5.41, 5.74) is 0.155. The molecule has 0 aliphatic heterocycles. The van der Waals surface area contributed by atoms with Crippen molar-refractivity contribution in [1.29, 1.82) is 0 Å². The van der Waals surface area contributed by atoms with E-state index in [1.165, 1.54) is 19.2 Å². The number of esters is 1. The number of phenolic OH excluding ortho intramolecular Hbond substituents is 1. The summed E-state index contributed by atoms with van der Waals surface area (Å²) in [6.45, 7) is 1.81. The number of ether oxygens (including phenoxy) is 2. The second-order valence-corrected chi connectivity index (χ2v) is 5.28. The van der Waals surface area contributed by atoms with Gasteiger partial charge in [0.15, 0.2) is 0 Å². The number of rotatable bonds is 4. The standard InChI is InChI=1S/C19H16O6/c1-3-24-18(21)14-10-12-7-8-15(20)16(17(12)25-19(14)22)11-5-4-6-13(9-11)23-2/h4-10,20H,3H2,1-2H3. The van der Waals surface area contributed by atoms with Gasteiger partial charge in [-0.3, -0.25) is 0 Å². The predicted octanol–water partition coefficient (Wildman–Crippen LogP) is 3.35. The molecule has 3 aromatic rings. The molecule has 2 aromatic carbocycles. The largest absolute Gasteiger partial charge is 0.507 e. The summed E-state index contributed by atoms with van der Waals surface area (Å²) in [5, 5.41) is 10.8. The minimum atomic E-state index is -0.819. The molecule has 1 aromatic heterocycles. The SMILES string of the molecule is CCOC(=O)c1cc2ccc(O)c(-c3cccc(OC)c3)c2oc1=O. The Kier molecular flexibility index (Phi) is 4.43. The first kappa shape index (κ1) is 16.6. The molecule has 1 N–H and O–H groups in total. The Morgan fingerprint density at radius 1 is 1.20 bits per heavy atom. The Bertz CT molecular complexity index is 1000. The molecule has 0 saturated carbocycles. The summed E-state index contributed by atoms with van der Waals surface area (Å²) in [6, 6.07) is 11.5. The van der Waals surface area contributed by atoms with E-state index in [0.29, 0.717) is 22.3 Å². The van der Waals surface area contributed by atoms with Crippen LogP contribution in [0.5, 0.6) is 11.5 Å². The topological polar surface area (TPSA) is 86.0 Å². The zero-order chi connectivity index (χ0) is 18.0. The lowest BCUT2D eigenvalue weighted by molar-refractivity contribution is 0.0522. The third-order valence-electron chi connectivity index (χ3n) is 3.73. The van der Waals surface area contributed by atoms with Gasteiger partial charge in [0.1, 0.15) is 22.6 Å². The fourth-order valence-electron chi connectivity index (χ4n) is 2.58. The molecule has 6 nitrogen and oxygen atoms in total. The fourth-order valence-corrected chi connectivity index (χ4v) is 2.58. The molecule has 0 unspecified atom stereocenters. The number of hydrogen-bond donors (Lipinski definition) is 1. The van der Waals surface area contributed by atoms with Crippen molar-refractivity contribution in [1.82, 2.24) is 0 Å². The molecule has 128 valence electrons. The molecule has 0 saturated heterocycles. The molecule has 6 heteroatoms. The molecule has 0 bridgehead atoms. The number of benzene rings is 2. The fraction of sp³-hybridized carbons (Fsp3) is 0.158. The number of fused-ring (bicyclic) bond motifs is 1. The molecule has 0 aliphatic rings. The van der Waals surface area contributed by atoms with Crippen LogP contribution < -0.4 is 10.4 Å².